The maximum absolute atomic E-state index is 12.6. The number of carbonyl (C=O) groups excluding carboxylic acids is 1. The summed E-state index contributed by atoms with van der Waals surface area (Å²) in [4.78, 5) is 13.0. The number of thiophene rings is 1. The molecule has 1 atom stereocenters. The number of nitrogen functional groups attached to an aromatic ring is 1. The zero-order chi connectivity index (χ0) is 19.7. The molecule has 1 aliphatic heterocycles. The molecule has 140 valence electrons. The fourth-order valence-electron chi connectivity index (χ4n) is 3.26. The Morgan fingerprint density at radius 1 is 1.26 bits per heavy atom. The van der Waals surface area contributed by atoms with Gasteiger partial charge in [0.25, 0.3) is 0 Å². The molecule has 1 aliphatic rings. The van der Waals surface area contributed by atoms with Gasteiger partial charge in [0.15, 0.2) is 11.5 Å². The zero-order valence-electron chi connectivity index (χ0n) is 15.4. The number of methoxy groups -OCH3 is 3. The first-order valence-electron chi connectivity index (χ1n) is 8.07. The van der Waals surface area contributed by atoms with Gasteiger partial charge in [-0.15, -0.1) is 11.3 Å². The summed E-state index contributed by atoms with van der Waals surface area (Å²) in [5, 5.41) is 13.3. The van der Waals surface area contributed by atoms with Crippen LogP contribution in [0.15, 0.2) is 29.5 Å². The number of allylic oxidation sites excluding steroid dienone is 1. The van der Waals surface area contributed by atoms with Crippen molar-refractivity contribution in [3.05, 3.63) is 45.5 Å². The van der Waals surface area contributed by atoms with Gasteiger partial charge in [0.2, 0.25) is 0 Å². The molecule has 0 amide bonds. The van der Waals surface area contributed by atoms with Gasteiger partial charge < -0.3 is 25.3 Å². The fourth-order valence-corrected chi connectivity index (χ4v) is 4.28. The van der Waals surface area contributed by atoms with Crippen LogP contribution in [0.4, 0.5) is 10.7 Å². The van der Waals surface area contributed by atoms with Crippen LogP contribution in [-0.4, -0.2) is 27.3 Å². The van der Waals surface area contributed by atoms with E-state index < -0.39 is 11.9 Å². The van der Waals surface area contributed by atoms with Gasteiger partial charge in [-0.2, -0.15) is 5.26 Å². The quantitative estimate of drug-likeness (QED) is 0.778. The lowest BCUT2D eigenvalue weighted by Gasteiger charge is -2.28. The van der Waals surface area contributed by atoms with Crippen molar-refractivity contribution >= 4 is 28.0 Å². The highest BCUT2D eigenvalue weighted by atomic mass is 32.1. The average Bonchev–Trinajstić information content (AvgIpc) is 3.00. The zero-order valence-corrected chi connectivity index (χ0v) is 16.2. The molecule has 0 saturated carbocycles. The van der Waals surface area contributed by atoms with Crippen LogP contribution in [0.2, 0.25) is 0 Å². The Hall–Kier alpha value is -3.18. The van der Waals surface area contributed by atoms with E-state index in [0.29, 0.717) is 38.9 Å². The van der Waals surface area contributed by atoms with Gasteiger partial charge in [0.05, 0.1) is 32.6 Å². The summed E-state index contributed by atoms with van der Waals surface area (Å²) in [6, 6.07) is 7.54. The third-order valence-corrected chi connectivity index (χ3v) is 5.56. The molecule has 1 aromatic carbocycles. The number of nitriles is 1. The second kappa shape index (κ2) is 7.21. The normalized spacial score (nSPS) is 15.4. The molecule has 3 N–H and O–H groups in total. The van der Waals surface area contributed by atoms with Gasteiger partial charge in [-0.05, 0) is 24.6 Å². The van der Waals surface area contributed by atoms with Gasteiger partial charge in [-0.1, -0.05) is 6.07 Å². The molecule has 27 heavy (non-hydrogen) atoms. The Labute approximate surface area is 161 Å². The van der Waals surface area contributed by atoms with E-state index in [1.165, 1.54) is 18.4 Å². The number of nitrogens with zero attached hydrogens (tertiary/aromatic N) is 1. The van der Waals surface area contributed by atoms with Crippen LogP contribution in [0.1, 0.15) is 28.8 Å². The van der Waals surface area contributed by atoms with Crippen LogP contribution in [-0.2, 0) is 9.53 Å². The molecule has 0 bridgehead atoms. The predicted octanol–water partition coefficient (Wildman–Crippen LogP) is 3.22. The van der Waals surface area contributed by atoms with E-state index in [1.807, 2.05) is 6.07 Å². The largest absolute Gasteiger partial charge is 0.493 e. The summed E-state index contributed by atoms with van der Waals surface area (Å²) in [5.41, 5.74) is 9.18. The minimum Gasteiger partial charge on any atom is -0.493 e. The van der Waals surface area contributed by atoms with Crippen LogP contribution in [0.3, 0.4) is 0 Å². The Balaban J connectivity index is 2.28. The van der Waals surface area contributed by atoms with Crippen LogP contribution in [0.25, 0.3) is 0 Å². The minimum atomic E-state index is -0.494. The molecular formula is C19H19N3O4S. The van der Waals surface area contributed by atoms with Crippen LogP contribution in [0.5, 0.6) is 11.5 Å². The summed E-state index contributed by atoms with van der Waals surface area (Å²) in [6.45, 7) is 1.80. The molecule has 0 aliphatic carbocycles. The summed E-state index contributed by atoms with van der Waals surface area (Å²) in [5.74, 6) is 0.152. The first kappa shape index (κ1) is 18.6. The van der Waals surface area contributed by atoms with Crippen molar-refractivity contribution in [2.24, 2.45) is 0 Å². The predicted molar refractivity (Wildman–Crippen MR) is 103 cm³/mol. The maximum Gasteiger partial charge on any atom is 0.336 e. The average molecular weight is 385 g/mol. The number of rotatable bonds is 4. The molecule has 0 radical (unpaired) electrons. The Bertz CT molecular complexity index is 988. The van der Waals surface area contributed by atoms with E-state index in [2.05, 4.69) is 11.4 Å². The van der Waals surface area contributed by atoms with Crippen molar-refractivity contribution in [2.75, 3.05) is 32.4 Å². The first-order chi connectivity index (χ1) is 13.0. The van der Waals surface area contributed by atoms with E-state index in [9.17, 15) is 10.1 Å². The molecule has 0 saturated heterocycles. The molecule has 7 nitrogen and oxygen atoms in total. The van der Waals surface area contributed by atoms with Crippen molar-refractivity contribution in [3.63, 3.8) is 0 Å². The second-order valence-corrected chi connectivity index (χ2v) is 6.92. The smallest absolute Gasteiger partial charge is 0.336 e. The van der Waals surface area contributed by atoms with Crippen molar-refractivity contribution in [1.82, 2.24) is 0 Å². The third-order valence-electron chi connectivity index (χ3n) is 4.51. The molecule has 0 spiro atoms. The number of hydrogen-bond donors (Lipinski definition) is 2. The van der Waals surface area contributed by atoms with Crippen LogP contribution >= 0.6 is 11.3 Å². The van der Waals surface area contributed by atoms with Crippen molar-refractivity contribution in [3.8, 4) is 17.6 Å². The topological polar surface area (TPSA) is 107 Å². The lowest BCUT2D eigenvalue weighted by Crippen LogP contribution is -2.23. The fraction of sp³-hybridized carbons (Fsp3) is 0.263. The van der Waals surface area contributed by atoms with E-state index in [-0.39, 0.29) is 0 Å². The molecule has 8 heteroatoms. The van der Waals surface area contributed by atoms with E-state index in [4.69, 9.17) is 19.9 Å². The molecule has 0 fully saturated rings. The molecule has 0 unspecified atom stereocenters. The summed E-state index contributed by atoms with van der Waals surface area (Å²) in [7, 11) is 4.44. The monoisotopic (exact) mass is 385 g/mol. The van der Waals surface area contributed by atoms with Gasteiger partial charge >= 0.3 is 5.97 Å². The van der Waals surface area contributed by atoms with Crippen molar-refractivity contribution in [1.29, 1.82) is 5.26 Å². The highest BCUT2D eigenvalue weighted by molar-refractivity contribution is 7.17. The number of benzene rings is 1. The number of nitrogens with one attached hydrogen (secondary N) is 1. The lowest BCUT2D eigenvalue weighted by molar-refractivity contribution is -0.136. The lowest BCUT2D eigenvalue weighted by atomic mass is 9.82. The highest BCUT2D eigenvalue weighted by Gasteiger charge is 2.37. The Morgan fingerprint density at radius 3 is 2.56 bits per heavy atom. The number of fused-ring (bicyclic) bond motifs is 1. The van der Waals surface area contributed by atoms with Gasteiger partial charge in [-0.3, -0.25) is 0 Å². The molecule has 3 rings (SSSR count). The standard InChI is InChI=1S/C19H19N3O4S/c1-9-14(19(23)26-4)15(10-5-6-11(24-2)12(7-10)25-3)16-17(21)13(8-20)27-18(16)22-9/h5-7,15,22H,21H2,1-4H3/t15-/m1/s1. The minimum absolute atomic E-state index is 0.360. The van der Waals surface area contributed by atoms with Crippen molar-refractivity contribution < 1.29 is 19.0 Å². The Kier molecular flexibility index (Phi) is 4.97. The summed E-state index contributed by atoms with van der Waals surface area (Å²) < 4.78 is 15.7. The SMILES string of the molecule is COC(=O)C1=C(C)Nc2sc(C#N)c(N)c2[C@@H]1c1ccc(OC)c(OC)c1. The summed E-state index contributed by atoms with van der Waals surface area (Å²) >= 11 is 1.26. The molecule has 2 aromatic rings. The number of nitrogens with two attached hydrogens (primary N) is 1. The number of esters is 1. The van der Waals surface area contributed by atoms with Gasteiger partial charge in [0, 0.05) is 17.2 Å². The Morgan fingerprint density at radius 2 is 1.96 bits per heavy atom. The number of anilines is 2. The third kappa shape index (κ3) is 2.96. The van der Waals surface area contributed by atoms with Crippen LogP contribution in [0, 0.1) is 11.3 Å². The van der Waals surface area contributed by atoms with E-state index in [0.717, 1.165) is 10.6 Å². The molecule has 1 aromatic heterocycles. The number of carbonyl (C=O) groups is 1. The maximum atomic E-state index is 12.6. The van der Waals surface area contributed by atoms with E-state index >= 15 is 0 Å². The number of hydrogen-bond acceptors (Lipinski definition) is 8. The van der Waals surface area contributed by atoms with Gasteiger partial charge in [-0.25, -0.2) is 4.79 Å². The first-order valence-corrected chi connectivity index (χ1v) is 8.88. The summed E-state index contributed by atoms with van der Waals surface area (Å²) in [6.07, 6.45) is 0. The second-order valence-electron chi connectivity index (χ2n) is 5.90. The van der Waals surface area contributed by atoms with Crippen LogP contribution < -0.4 is 20.5 Å². The van der Waals surface area contributed by atoms with Gasteiger partial charge in [0.1, 0.15) is 15.9 Å². The van der Waals surface area contributed by atoms with Crippen molar-refractivity contribution in [2.45, 2.75) is 12.8 Å². The van der Waals surface area contributed by atoms with E-state index in [1.54, 1.807) is 33.3 Å². The highest BCUT2D eigenvalue weighted by Crippen LogP contribution is 2.50. The molecular weight excluding hydrogens is 366 g/mol. The molecule has 2 heterocycles. The number of ether oxygens (including phenoxy) is 3.